The first kappa shape index (κ1) is 18.4. The van der Waals surface area contributed by atoms with Gasteiger partial charge in [0.25, 0.3) is 5.91 Å². The average molecular weight is 334 g/mol. The number of aliphatic hydroxyl groups is 2. The molecule has 0 aromatic heterocycles. The third-order valence-corrected chi connectivity index (χ3v) is 4.30. The number of rotatable bonds is 6. The molecule has 0 saturated carbocycles. The topological polar surface area (TPSA) is 81.1 Å². The largest absolute Gasteiger partial charge is 0.395 e. The molecule has 2 amide bonds. The van der Waals surface area contributed by atoms with Crippen LogP contribution in [-0.4, -0.2) is 64.2 Å². The molecule has 1 saturated heterocycles. The zero-order chi connectivity index (χ0) is 17.5. The Bertz CT molecular complexity index is 559. The van der Waals surface area contributed by atoms with Crippen molar-refractivity contribution >= 4 is 11.8 Å². The van der Waals surface area contributed by atoms with Gasteiger partial charge in [-0.1, -0.05) is 29.8 Å². The number of carbonyl (C=O) groups is 2. The zero-order valence-corrected chi connectivity index (χ0v) is 14.1. The van der Waals surface area contributed by atoms with Crippen LogP contribution in [-0.2, 0) is 16.1 Å². The van der Waals surface area contributed by atoms with Gasteiger partial charge < -0.3 is 20.0 Å². The Morgan fingerprint density at radius 3 is 2.67 bits per heavy atom. The molecule has 6 nitrogen and oxygen atoms in total. The maximum Gasteiger partial charge on any atom is 0.251 e. The molecule has 0 radical (unpaired) electrons. The summed E-state index contributed by atoms with van der Waals surface area (Å²) >= 11 is 0. The first-order chi connectivity index (χ1) is 11.5. The lowest BCUT2D eigenvalue weighted by molar-refractivity contribution is -0.145. The molecule has 0 aliphatic carbocycles. The van der Waals surface area contributed by atoms with Crippen molar-refractivity contribution in [2.24, 2.45) is 0 Å². The van der Waals surface area contributed by atoms with E-state index in [0.29, 0.717) is 19.5 Å². The number of carbonyl (C=O) groups excluding carboxylic acids is 2. The molecule has 2 rings (SSSR count). The molecule has 132 valence electrons. The van der Waals surface area contributed by atoms with E-state index in [1.54, 1.807) is 4.90 Å². The van der Waals surface area contributed by atoms with Gasteiger partial charge in [-0.05, 0) is 31.7 Å². The van der Waals surface area contributed by atoms with Gasteiger partial charge >= 0.3 is 0 Å². The molecule has 1 aliphatic heterocycles. The lowest BCUT2D eigenvalue weighted by Crippen LogP contribution is -2.46. The molecule has 1 unspecified atom stereocenters. The molecule has 6 heteroatoms. The summed E-state index contributed by atoms with van der Waals surface area (Å²) in [6, 6.07) is 7.86. The smallest absolute Gasteiger partial charge is 0.251 e. The number of benzene rings is 1. The predicted molar refractivity (Wildman–Crippen MR) is 90.1 cm³/mol. The predicted octanol–water partition coefficient (Wildman–Crippen LogP) is 0.689. The Kier molecular flexibility index (Phi) is 6.75. The van der Waals surface area contributed by atoms with E-state index in [-0.39, 0.29) is 31.5 Å². The molecule has 0 bridgehead atoms. The number of aliphatic hydroxyl groups excluding tert-OH is 2. The van der Waals surface area contributed by atoms with E-state index in [9.17, 15) is 19.8 Å². The van der Waals surface area contributed by atoms with Gasteiger partial charge in [0.1, 0.15) is 6.10 Å². The van der Waals surface area contributed by atoms with Crippen LogP contribution in [0, 0.1) is 6.92 Å². The van der Waals surface area contributed by atoms with E-state index in [1.165, 1.54) is 4.90 Å². The second-order valence-electron chi connectivity index (χ2n) is 6.30. The van der Waals surface area contributed by atoms with Crippen molar-refractivity contribution in [2.45, 2.75) is 38.8 Å². The maximum absolute atomic E-state index is 12.6. The Morgan fingerprint density at radius 2 is 2.00 bits per heavy atom. The van der Waals surface area contributed by atoms with Crippen LogP contribution in [0.4, 0.5) is 0 Å². The third kappa shape index (κ3) is 5.04. The Labute approximate surface area is 142 Å². The lowest BCUT2D eigenvalue weighted by atomic mass is 10.1. The van der Waals surface area contributed by atoms with E-state index < -0.39 is 6.10 Å². The monoisotopic (exact) mass is 334 g/mol. The van der Waals surface area contributed by atoms with E-state index in [0.717, 1.165) is 24.0 Å². The maximum atomic E-state index is 12.6. The number of amides is 2. The first-order valence-electron chi connectivity index (χ1n) is 8.42. The molecule has 1 aromatic rings. The number of likely N-dealkylation sites (tertiary alicyclic amines) is 1. The molecular formula is C18H26N2O4. The number of nitrogens with zero attached hydrogens (tertiary/aromatic N) is 2. The Balaban J connectivity index is 2.02. The van der Waals surface area contributed by atoms with Crippen molar-refractivity contribution in [2.75, 3.05) is 26.2 Å². The molecule has 1 heterocycles. The Hall–Kier alpha value is -1.92. The molecule has 1 fully saturated rings. The molecule has 24 heavy (non-hydrogen) atoms. The van der Waals surface area contributed by atoms with Gasteiger partial charge in [0.2, 0.25) is 5.91 Å². The summed E-state index contributed by atoms with van der Waals surface area (Å²) in [6.07, 6.45) is 1.01. The van der Waals surface area contributed by atoms with E-state index in [1.807, 2.05) is 31.2 Å². The van der Waals surface area contributed by atoms with Crippen LogP contribution in [0.25, 0.3) is 0 Å². The van der Waals surface area contributed by atoms with E-state index in [2.05, 4.69) is 0 Å². The fourth-order valence-electron chi connectivity index (χ4n) is 2.83. The van der Waals surface area contributed by atoms with Gasteiger partial charge in [-0.2, -0.15) is 0 Å². The molecule has 1 aromatic carbocycles. The molecule has 1 aliphatic rings. The van der Waals surface area contributed by atoms with Gasteiger partial charge in [0.15, 0.2) is 0 Å². The van der Waals surface area contributed by atoms with Gasteiger partial charge in [0, 0.05) is 19.6 Å². The van der Waals surface area contributed by atoms with Crippen molar-refractivity contribution in [1.29, 1.82) is 0 Å². The summed E-state index contributed by atoms with van der Waals surface area (Å²) in [6.45, 7) is 2.91. The average Bonchev–Trinajstić information content (AvgIpc) is 2.72. The summed E-state index contributed by atoms with van der Waals surface area (Å²) in [7, 11) is 0. The van der Waals surface area contributed by atoms with Gasteiger partial charge in [-0.25, -0.2) is 0 Å². The van der Waals surface area contributed by atoms with Crippen LogP contribution in [0.15, 0.2) is 24.3 Å². The van der Waals surface area contributed by atoms with E-state index in [4.69, 9.17) is 0 Å². The minimum absolute atomic E-state index is 0.0538. The van der Waals surface area contributed by atoms with Crippen LogP contribution >= 0.6 is 0 Å². The molecule has 2 N–H and O–H groups in total. The van der Waals surface area contributed by atoms with Gasteiger partial charge in [0.05, 0.1) is 13.2 Å². The highest BCUT2D eigenvalue weighted by molar-refractivity contribution is 5.87. The number of hydrogen-bond donors (Lipinski definition) is 2. The fraction of sp³-hybridized carbons (Fsp3) is 0.556. The first-order valence-corrected chi connectivity index (χ1v) is 8.42. The summed E-state index contributed by atoms with van der Waals surface area (Å²) in [5.74, 6) is -0.591. The van der Waals surface area contributed by atoms with Crippen LogP contribution in [0.2, 0.25) is 0 Å². The standard InChI is InChI=1S/C18H26N2O4/c1-14-5-7-15(8-6-14)12-19(10-11-21)17(23)13-20-9-3-2-4-16(22)18(20)24/h5-8,16,21-22H,2-4,9-13H2,1H3. The van der Waals surface area contributed by atoms with Crippen LogP contribution in [0.1, 0.15) is 30.4 Å². The van der Waals surface area contributed by atoms with Gasteiger partial charge in [-0.3, -0.25) is 9.59 Å². The lowest BCUT2D eigenvalue weighted by Gasteiger charge is -2.27. The third-order valence-electron chi connectivity index (χ3n) is 4.30. The summed E-state index contributed by atoms with van der Waals surface area (Å²) in [5, 5.41) is 19.0. The van der Waals surface area contributed by atoms with Crippen molar-refractivity contribution in [3.05, 3.63) is 35.4 Å². The summed E-state index contributed by atoms with van der Waals surface area (Å²) in [5.41, 5.74) is 2.12. The van der Waals surface area contributed by atoms with Crippen molar-refractivity contribution in [3.8, 4) is 0 Å². The number of hydrogen-bond acceptors (Lipinski definition) is 4. The highest BCUT2D eigenvalue weighted by Crippen LogP contribution is 2.13. The number of aryl methyl sites for hydroxylation is 1. The minimum atomic E-state index is -1.01. The van der Waals surface area contributed by atoms with Crippen LogP contribution in [0.5, 0.6) is 0 Å². The minimum Gasteiger partial charge on any atom is -0.395 e. The van der Waals surface area contributed by atoms with Gasteiger partial charge in [-0.15, -0.1) is 0 Å². The fourth-order valence-corrected chi connectivity index (χ4v) is 2.83. The van der Waals surface area contributed by atoms with Crippen LogP contribution in [0.3, 0.4) is 0 Å². The highest BCUT2D eigenvalue weighted by atomic mass is 16.3. The van der Waals surface area contributed by atoms with Crippen molar-refractivity contribution in [1.82, 2.24) is 9.80 Å². The normalized spacial score (nSPS) is 18.4. The second kappa shape index (κ2) is 8.80. The molecular weight excluding hydrogens is 308 g/mol. The second-order valence-corrected chi connectivity index (χ2v) is 6.30. The zero-order valence-electron chi connectivity index (χ0n) is 14.1. The van der Waals surface area contributed by atoms with Crippen molar-refractivity contribution < 1.29 is 19.8 Å². The summed E-state index contributed by atoms with van der Waals surface area (Å²) in [4.78, 5) is 27.7. The van der Waals surface area contributed by atoms with Crippen molar-refractivity contribution in [3.63, 3.8) is 0 Å². The quantitative estimate of drug-likeness (QED) is 0.802. The molecule has 0 spiro atoms. The molecule has 1 atom stereocenters. The highest BCUT2D eigenvalue weighted by Gasteiger charge is 2.27. The van der Waals surface area contributed by atoms with Crippen LogP contribution < -0.4 is 0 Å². The van der Waals surface area contributed by atoms with E-state index >= 15 is 0 Å². The summed E-state index contributed by atoms with van der Waals surface area (Å²) < 4.78 is 0. The Morgan fingerprint density at radius 1 is 1.29 bits per heavy atom. The SMILES string of the molecule is Cc1ccc(CN(CCO)C(=O)CN2CCCCC(O)C2=O)cc1.